The predicted octanol–water partition coefficient (Wildman–Crippen LogP) is 3.40. The van der Waals surface area contributed by atoms with Crippen LogP contribution in [0.1, 0.15) is 25.3 Å². The molecule has 3 heteroatoms. The number of hydrogen-bond donors (Lipinski definition) is 0. The zero-order chi connectivity index (χ0) is 14.9. The number of methoxy groups -OCH3 is 1. The number of ketones is 1. The summed E-state index contributed by atoms with van der Waals surface area (Å²) in [5.41, 5.74) is 2.09. The van der Waals surface area contributed by atoms with Crippen LogP contribution in [0, 0.1) is 5.92 Å². The molecule has 1 aliphatic heterocycles. The minimum atomic E-state index is -0.343. The third-order valence-corrected chi connectivity index (χ3v) is 4.42. The second-order valence-electron chi connectivity index (χ2n) is 5.83. The second-order valence-corrected chi connectivity index (χ2v) is 5.83. The van der Waals surface area contributed by atoms with E-state index in [1.165, 1.54) is 5.57 Å². The van der Waals surface area contributed by atoms with Crippen molar-refractivity contribution < 1.29 is 14.3 Å². The van der Waals surface area contributed by atoms with Crippen LogP contribution >= 0.6 is 0 Å². The van der Waals surface area contributed by atoms with Crippen molar-refractivity contribution in [3.05, 3.63) is 47.6 Å². The Morgan fingerprint density at radius 1 is 1.33 bits per heavy atom. The maximum atomic E-state index is 11.8. The van der Waals surface area contributed by atoms with E-state index in [0.717, 1.165) is 17.7 Å². The van der Waals surface area contributed by atoms with E-state index in [-0.39, 0.29) is 17.3 Å². The Labute approximate surface area is 125 Å². The minimum absolute atomic E-state index is 0.144. The van der Waals surface area contributed by atoms with Crippen LogP contribution in [0.25, 0.3) is 6.08 Å². The Kier molecular flexibility index (Phi) is 3.68. The fourth-order valence-corrected chi connectivity index (χ4v) is 3.14. The maximum Gasteiger partial charge on any atom is 0.156 e. The van der Waals surface area contributed by atoms with Crippen molar-refractivity contribution in [2.45, 2.75) is 25.4 Å². The van der Waals surface area contributed by atoms with Crippen molar-refractivity contribution >= 4 is 11.9 Å². The lowest BCUT2D eigenvalue weighted by atomic mass is 9.73. The fraction of sp³-hybridized carbons (Fsp3) is 0.389. The van der Waals surface area contributed by atoms with Gasteiger partial charge in [0.1, 0.15) is 5.75 Å². The molecule has 0 saturated carbocycles. The van der Waals surface area contributed by atoms with Gasteiger partial charge in [0.25, 0.3) is 0 Å². The van der Waals surface area contributed by atoms with E-state index < -0.39 is 0 Å². The average Bonchev–Trinajstić information content (AvgIpc) is 2.49. The Bertz CT molecular complexity index is 597. The fourth-order valence-electron chi connectivity index (χ4n) is 3.14. The number of ether oxygens (including phenoxy) is 2. The summed E-state index contributed by atoms with van der Waals surface area (Å²) in [6, 6.07) is 7.99. The first-order chi connectivity index (χ1) is 10.1. The van der Waals surface area contributed by atoms with Gasteiger partial charge < -0.3 is 9.47 Å². The normalized spacial score (nSPS) is 30.3. The van der Waals surface area contributed by atoms with Gasteiger partial charge in [-0.25, -0.2) is 0 Å². The second kappa shape index (κ2) is 5.49. The molecule has 0 unspecified atom stereocenters. The van der Waals surface area contributed by atoms with Gasteiger partial charge in [-0.3, -0.25) is 4.79 Å². The largest absolute Gasteiger partial charge is 0.497 e. The molecule has 1 saturated heterocycles. The highest BCUT2D eigenvalue weighted by molar-refractivity contribution is 5.91. The summed E-state index contributed by atoms with van der Waals surface area (Å²) >= 11 is 0. The average molecular weight is 284 g/mol. The molecule has 1 aliphatic carbocycles. The topological polar surface area (TPSA) is 35.5 Å². The van der Waals surface area contributed by atoms with E-state index >= 15 is 0 Å². The van der Waals surface area contributed by atoms with Crippen molar-refractivity contribution in [3.63, 3.8) is 0 Å². The summed E-state index contributed by atoms with van der Waals surface area (Å²) in [4.78, 5) is 11.8. The van der Waals surface area contributed by atoms with Crippen molar-refractivity contribution in [2.24, 2.45) is 5.92 Å². The molecule has 1 heterocycles. The van der Waals surface area contributed by atoms with Crippen LogP contribution < -0.4 is 4.74 Å². The van der Waals surface area contributed by atoms with E-state index in [0.29, 0.717) is 13.0 Å². The summed E-state index contributed by atoms with van der Waals surface area (Å²) in [5.74, 6) is 1.18. The first kappa shape index (κ1) is 14.1. The van der Waals surface area contributed by atoms with Gasteiger partial charge in [-0.15, -0.1) is 0 Å². The number of allylic oxidation sites excluding steroid dienone is 1. The quantitative estimate of drug-likeness (QED) is 0.835. The standard InChI is InChI=1S/C18H20O3/c1-18-9-7-15(19)12-17(18)14(8-10-21-18)11-13-3-5-16(20-2)6-4-13/h3-7,9,11,17H,8,10,12H2,1-2H3/b14-11-/t17-,18-/m0/s1. The van der Waals surface area contributed by atoms with Crippen LogP contribution in [0.2, 0.25) is 0 Å². The van der Waals surface area contributed by atoms with Gasteiger partial charge in [0.2, 0.25) is 0 Å². The summed E-state index contributed by atoms with van der Waals surface area (Å²) < 4.78 is 11.1. The Morgan fingerprint density at radius 2 is 2.10 bits per heavy atom. The zero-order valence-electron chi connectivity index (χ0n) is 12.5. The molecule has 1 aromatic carbocycles. The summed E-state index contributed by atoms with van der Waals surface area (Å²) in [5, 5.41) is 0. The molecular weight excluding hydrogens is 264 g/mol. The molecule has 0 bridgehead atoms. The highest BCUT2D eigenvalue weighted by Crippen LogP contribution is 2.41. The van der Waals surface area contributed by atoms with Crippen molar-refractivity contribution in [1.82, 2.24) is 0 Å². The Morgan fingerprint density at radius 3 is 2.81 bits per heavy atom. The number of hydrogen-bond acceptors (Lipinski definition) is 3. The first-order valence-electron chi connectivity index (χ1n) is 7.31. The van der Waals surface area contributed by atoms with Gasteiger partial charge in [0, 0.05) is 12.3 Å². The van der Waals surface area contributed by atoms with E-state index in [2.05, 4.69) is 13.0 Å². The lowest BCUT2D eigenvalue weighted by Crippen LogP contribution is -2.44. The lowest BCUT2D eigenvalue weighted by molar-refractivity contribution is -0.121. The van der Waals surface area contributed by atoms with Crippen molar-refractivity contribution in [3.8, 4) is 5.75 Å². The maximum absolute atomic E-state index is 11.8. The van der Waals surface area contributed by atoms with Crippen LogP contribution in [0.4, 0.5) is 0 Å². The van der Waals surface area contributed by atoms with Gasteiger partial charge >= 0.3 is 0 Å². The minimum Gasteiger partial charge on any atom is -0.497 e. The predicted molar refractivity (Wildman–Crippen MR) is 82.2 cm³/mol. The summed E-state index contributed by atoms with van der Waals surface area (Å²) in [6.07, 6.45) is 7.19. The van der Waals surface area contributed by atoms with Crippen LogP contribution in [0.15, 0.2) is 42.0 Å². The van der Waals surface area contributed by atoms with Crippen molar-refractivity contribution in [2.75, 3.05) is 13.7 Å². The Hall–Kier alpha value is -1.87. The molecule has 0 amide bonds. The van der Waals surface area contributed by atoms with E-state index in [4.69, 9.17) is 9.47 Å². The Balaban J connectivity index is 1.91. The molecule has 3 nitrogen and oxygen atoms in total. The lowest BCUT2D eigenvalue weighted by Gasteiger charge is -2.42. The molecule has 110 valence electrons. The molecule has 3 rings (SSSR count). The number of benzene rings is 1. The highest BCUT2D eigenvalue weighted by Gasteiger charge is 2.41. The van der Waals surface area contributed by atoms with Crippen LogP contribution in [0.5, 0.6) is 5.75 Å². The summed E-state index contributed by atoms with van der Waals surface area (Å²) in [6.45, 7) is 2.77. The van der Waals surface area contributed by atoms with Gasteiger partial charge in [0.15, 0.2) is 5.78 Å². The van der Waals surface area contributed by atoms with E-state index in [9.17, 15) is 4.79 Å². The zero-order valence-corrected chi connectivity index (χ0v) is 12.5. The molecule has 21 heavy (non-hydrogen) atoms. The molecule has 0 spiro atoms. The first-order valence-corrected chi connectivity index (χ1v) is 7.31. The molecule has 0 aromatic heterocycles. The third kappa shape index (κ3) is 2.79. The SMILES string of the molecule is COc1ccc(/C=C2/CCO[C@@]3(C)C=CC(=O)C[C@@H]23)cc1. The molecule has 1 fully saturated rings. The molecule has 0 radical (unpaired) electrons. The van der Waals surface area contributed by atoms with Gasteiger partial charge in [-0.2, -0.15) is 0 Å². The number of fused-ring (bicyclic) bond motifs is 1. The van der Waals surface area contributed by atoms with Gasteiger partial charge in [-0.1, -0.05) is 23.8 Å². The third-order valence-electron chi connectivity index (χ3n) is 4.42. The van der Waals surface area contributed by atoms with Gasteiger partial charge in [-0.05, 0) is 43.2 Å². The molecular formula is C18H20O3. The molecule has 2 aliphatic rings. The van der Waals surface area contributed by atoms with Gasteiger partial charge in [0.05, 0.1) is 19.3 Å². The molecule has 0 N–H and O–H groups in total. The van der Waals surface area contributed by atoms with Crippen LogP contribution in [0.3, 0.4) is 0 Å². The number of carbonyl (C=O) groups is 1. The van der Waals surface area contributed by atoms with Crippen LogP contribution in [-0.4, -0.2) is 25.1 Å². The van der Waals surface area contributed by atoms with Crippen LogP contribution in [-0.2, 0) is 9.53 Å². The number of rotatable bonds is 2. The molecule has 1 aromatic rings. The number of carbonyl (C=O) groups excluding carboxylic acids is 1. The van der Waals surface area contributed by atoms with Crippen molar-refractivity contribution in [1.29, 1.82) is 0 Å². The smallest absolute Gasteiger partial charge is 0.156 e. The molecule has 2 atom stereocenters. The monoisotopic (exact) mass is 284 g/mol. The highest BCUT2D eigenvalue weighted by atomic mass is 16.5. The summed E-state index contributed by atoms with van der Waals surface area (Å²) in [7, 11) is 1.66. The van der Waals surface area contributed by atoms with E-state index in [1.54, 1.807) is 13.2 Å². The van der Waals surface area contributed by atoms with E-state index in [1.807, 2.05) is 30.3 Å².